The summed E-state index contributed by atoms with van der Waals surface area (Å²) in [7, 11) is 1.49. The highest BCUT2D eigenvalue weighted by molar-refractivity contribution is 8.07. The lowest BCUT2D eigenvalue weighted by atomic mass is 10.0. The molecule has 0 aromatic rings. The molecule has 154 valence electrons. The summed E-state index contributed by atoms with van der Waals surface area (Å²) < 4.78 is 4.73. The van der Waals surface area contributed by atoms with Gasteiger partial charge in [-0.2, -0.15) is 11.8 Å². The van der Waals surface area contributed by atoms with E-state index in [0.717, 1.165) is 5.25 Å². The summed E-state index contributed by atoms with van der Waals surface area (Å²) in [5, 5.41) is 1.29. The molecule has 0 bridgehead atoms. The molecule has 0 aromatic heterocycles. The Morgan fingerprint density at radius 2 is 1.12 bits per heavy atom. The lowest BCUT2D eigenvalue weighted by molar-refractivity contribution is -0.140. The number of hydrogen-bond acceptors (Lipinski definition) is 3. The van der Waals surface area contributed by atoms with Crippen LogP contribution < -0.4 is 0 Å². The lowest BCUT2D eigenvalue weighted by Crippen LogP contribution is -2.06. The third kappa shape index (κ3) is 13.9. The molecule has 0 aliphatic carbocycles. The van der Waals surface area contributed by atoms with E-state index >= 15 is 0 Å². The van der Waals surface area contributed by atoms with Gasteiger partial charge in [-0.05, 0) is 6.42 Å². The maximum atomic E-state index is 11.2. The summed E-state index contributed by atoms with van der Waals surface area (Å²) in [5.41, 5.74) is 0. The van der Waals surface area contributed by atoms with Crippen LogP contribution in [0.1, 0.15) is 122 Å². The molecule has 1 heterocycles. The van der Waals surface area contributed by atoms with Crippen LogP contribution >= 0.6 is 11.8 Å². The monoisotopic (exact) mass is 384 g/mol. The quantitative estimate of drug-likeness (QED) is 0.130. The van der Waals surface area contributed by atoms with Crippen molar-refractivity contribution in [3.8, 4) is 0 Å². The van der Waals surface area contributed by atoms with Gasteiger partial charge in [0.1, 0.15) is 0 Å². The molecule has 0 aromatic carbocycles. The number of ether oxygens (including phenoxy) is 1. The topological polar surface area (TPSA) is 26.3 Å². The van der Waals surface area contributed by atoms with E-state index in [9.17, 15) is 4.79 Å². The fourth-order valence-corrected chi connectivity index (χ4v) is 4.88. The average molecular weight is 385 g/mol. The van der Waals surface area contributed by atoms with Crippen LogP contribution in [-0.2, 0) is 9.53 Å². The van der Waals surface area contributed by atoms with E-state index in [0.29, 0.717) is 11.7 Å². The first kappa shape index (κ1) is 23.9. The van der Waals surface area contributed by atoms with Gasteiger partial charge in [0.15, 0.2) is 0 Å². The van der Waals surface area contributed by atoms with Crippen molar-refractivity contribution in [2.24, 2.45) is 0 Å². The first-order valence-electron chi connectivity index (χ1n) is 11.5. The standard InChI is InChI=1S/C23H44O2S/c1-3-4-5-6-7-8-9-10-11-12-13-14-15-16-17-18-19-21-22(26-21)20-23(24)25-2/h21-22H,3-20H2,1-2H3. The number of hydrogen-bond donors (Lipinski definition) is 0. The molecular weight excluding hydrogens is 340 g/mol. The van der Waals surface area contributed by atoms with E-state index in [-0.39, 0.29) is 5.97 Å². The minimum atomic E-state index is -0.0445. The van der Waals surface area contributed by atoms with Crippen LogP contribution in [0, 0.1) is 0 Å². The molecule has 2 unspecified atom stereocenters. The number of unbranched alkanes of at least 4 members (excludes halogenated alkanes) is 15. The zero-order valence-electron chi connectivity index (χ0n) is 17.6. The fourth-order valence-electron chi connectivity index (χ4n) is 3.75. The highest BCUT2D eigenvalue weighted by atomic mass is 32.2. The molecule has 3 heteroatoms. The van der Waals surface area contributed by atoms with Crippen molar-refractivity contribution in [1.29, 1.82) is 0 Å². The molecule has 1 rings (SSSR count). The molecule has 1 fully saturated rings. The number of thioether (sulfide) groups is 1. The Kier molecular flexibility index (Phi) is 15.6. The van der Waals surface area contributed by atoms with E-state index in [1.165, 1.54) is 116 Å². The van der Waals surface area contributed by atoms with Crippen molar-refractivity contribution in [1.82, 2.24) is 0 Å². The molecule has 2 nitrogen and oxygen atoms in total. The Morgan fingerprint density at radius 1 is 0.692 bits per heavy atom. The van der Waals surface area contributed by atoms with Gasteiger partial charge in [-0.3, -0.25) is 4.79 Å². The normalized spacial score (nSPS) is 18.8. The Hall–Kier alpha value is -0.180. The molecule has 1 aliphatic rings. The summed E-state index contributed by atoms with van der Waals surface area (Å²) in [5.74, 6) is -0.0445. The van der Waals surface area contributed by atoms with Gasteiger partial charge in [0, 0.05) is 10.5 Å². The molecule has 0 radical (unpaired) electrons. The zero-order chi connectivity index (χ0) is 18.9. The molecule has 1 saturated heterocycles. The van der Waals surface area contributed by atoms with Crippen LogP contribution in [0.5, 0.6) is 0 Å². The SMILES string of the molecule is CCCCCCCCCCCCCCCCCCC1SC1CC(=O)OC. The summed E-state index contributed by atoms with van der Waals surface area (Å²) in [4.78, 5) is 11.2. The summed E-state index contributed by atoms with van der Waals surface area (Å²) in [6.45, 7) is 2.29. The van der Waals surface area contributed by atoms with Gasteiger partial charge < -0.3 is 4.74 Å². The largest absolute Gasteiger partial charge is 0.469 e. The van der Waals surface area contributed by atoms with Gasteiger partial charge in [-0.25, -0.2) is 0 Å². The fraction of sp³-hybridized carbons (Fsp3) is 0.957. The van der Waals surface area contributed by atoms with E-state index in [2.05, 4.69) is 6.92 Å². The Bertz CT molecular complexity index is 332. The van der Waals surface area contributed by atoms with E-state index in [1.54, 1.807) is 0 Å². The van der Waals surface area contributed by atoms with Crippen molar-refractivity contribution in [2.45, 2.75) is 133 Å². The average Bonchev–Trinajstić information content (AvgIpc) is 3.38. The smallest absolute Gasteiger partial charge is 0.306 e. The predicted octanol–water partition coefficient (Wildman–Crippen LogP) is 7.69. The highest BCUT2D eigenvalue weighted by Gasteiger charge is 2.39. The van der Waals surface area contributed by atoms with Crippen LogP contribution in [-0.4, -0.2) is 23.6 Å². The van der Waals surface area contributed by atoms with Crippen LogP contribution in [0.3, 0.4) is 0 Å². The summed E-state index contributed by atoms with van der Waals surface area (Å²) in [6.07, 6.45) is 24.8. The predicted molar refractivity (Wildman–Crippen MR) is 116 cm³/mol. The second-order valence-electron chi connectivity index (χ2n) is 8.09. The maximum absolute atomic E-state index is 11.2. The number of rotatable bonds is 19. The van der Waals surface area contributed by atoms with E-state index < -0.39 is 0 Å². The third-order valence-corrected chi connectivity index (χ3v) is 7.07. The minimum absolute atomic E-state index is 0.0445. The molecule has 26 heavy (non-hydrogen) atoms. The van der Waals surface area contributed by atoms with Gasteiger partial charge in [-0.15, -0.1) is 0 Å². The van der Waals surface area contributed by atoms with Crippen molar-refractivity contribution in [3.63, 3.8) is 0 Å². The first-order chi connectivity index (χ1) is 12.8. The molecular formula is C23H44O2S. The number of carbonyl (C=O) groups is 1. The van der Waals surface area contributed by atoms with E-state index in [4.69, 9.17) is 4.74 Å². The first-order valence-corrected chi connectivity index (χ1v) is 12.4. The molecule has 0 spiro atoms. The summed E-state index contributed by atoms with van der Waals surface area (Å²) >= 11 is 1.97. The van der Waals surface area contributed by atoms with Gasteiger partial charge >= 0.3 is 5.97 Å². The van der Waals surface area contributed by atoms with Crippen molar-refractivity contribution in [3.05, 3.63) is 0 Å². The van der Waals surface area contributed by atoms with Crippen LogP contribution in [0.2, 0.25) is 0 Å². The number of methoxy groups -OCH3 is 1. The second kappa shape index (κ2) is 17.0. The minimum Gasteiger partial charge on any atom is -0.469 e. The summed E-state index contributed by atoms with van der Waals surface area (Å²) in [6, 6.07) is 0. The molecule has 1 aliphatic heterocycles. The molecule has 0 saturated carbocycles. The molecule has 0 N–H and O–H groups in total. The van der Waals surface area contributed by atoms with Gasteiger partial charge in [0.25, 0.3) is 0 Å². The number of carbonyl (C=O) groups excluding carboxylic acids is 1. The third-order valence-electron chi connectivity index (χ3n) is 5.63. The lowest BCUT2D eigenvalue weighted by Gasteiger charge is -2.03. The maximum Gasteiger partial charge on any atom is 0.306 e. The molecule has 0 amide bonds. The number of esters is 1. The Balaban J connectivity index is 1.69. The second-order valence-corrected chi connectivity index (χ2v) is 9.57. The van der Waals surface area contributed by atoms with Gasteiger partial charge in [-0.1, -0.05) is 110 Å². The van der Waals surface area contributed by atoms with Crippen LogP contribution in [0.15, 0.2) is 0 Å². The Labute approximate surface area is 167 Å². The van der Waals surface area contributed by atoms with Gasteiger partial charge in [0.2, 0.25) is 0 Å². The van der Waals surface area contributed by atoms with E-state index in [1.807, 2.05) is 11.8 Å². The van der Waals surface area contributed by atoms with Crippen molar-refractivity contribution in [2.75, 3.05) is 7.11 Å². The zero-order valence-corrected chi connectivity index (χ0v) is 18.4. The Morgan fingerprint density at radius 3 is 1.54 bits per heavy atom. The highest BCUT2D eigenvalue weighted by Crippen LogP contribution is 2.46. The van der Waals surface area contributed by atoms with Crippen molar-refractivity contribution >= 4 is 17.7 Å². The van der Waals surface area contributed by atoms with Crippen molar-refractivity contribution < 1.29 is 9.53 Å². The van der Waals surface area contributed by atoms with Gasteiger partial charge in [0.05, 0.1) is 13.5 Å². The van der Waals surface area contributed by atoms with Crippen LogP contribution in [0.4, 0.5) is 0 Å². The molecule has 2 atom stereocenters. The van der Waals surface area contributed by atoms with Crippen LogP contribution in [0.25, 0.3) is 0 Å².